The molecule has 0 radical (unpaired) electrons. The van der Waals surface area contributed by atoms with Gasteiger partial charge in [0.25, 0.3) is 0 Å². The monoisotopic (exact) mass is 339 g/mol. The molecule has 4 nitrogen and oxygen atoms in total. The Morgan fingerprint density at radius 3 is 2.72 bits per heavy atom. The summed E-state index contributed by atoms with van der Waals surface area (Å²) in [4.78, 5) is 14.7. The van der Waals surface area contributed by atoms with Crippen molar-refractivity contribution < 1.29 is 14.3 Å². The number of carbonyl (C=O) groups is 1. The van der Waals surface area contributed by atoms with E-state index in [4.69, 9.17) is 9.47 Å². The van der Waals surface area contributed by atoms with Crippen LogP contribution in [0.4, 0.5) is 5.69 Å². The van der Waals surface area contributed by atoms with Crippen molar-refractivity contribution in [3.8, 4) is 11.5 Å². The molecule has 0 aromatic heterocycles. The Morgan fingerprint density at radius 1 is 1.12 bits per heavy atom. The molecule has 0 bridgehead atoms. The number of carbonyl (C=O) groups excluding carboxylic acids is 1. The van der Waals surface area contributed by atoms with E-state index in [1.807, 2.05) is 25.1 Å². The van der Waals surface area contributed by atoms with Gasteiger partial charge in [0.05, 0.1) is 13.0 Å². The van der Waals surface area contributed by atoms with Crippen LogP contribution in [0.2, 0.25) is 0 Å². The molecular formula is C21H25NO3. The molecule has 1 aliphatic heterocycles. The zero-order chi connectivity index (χ0) is 17.5. The van der Waals surface area contributed by atoms with Crippen LogP contribution in [0.5, 0.6) is 11.5 Å². The Bertz CT molecular complexity index is 687. The molecule has 4 heteroatoms. The predicted octanol–water partition coefficient (Wildman–Crippen LogP) is 4.30. The molecule has 1 heterocycles. The van der Waals surface area contributed by atoms with Gasteiger partial charge in [-0.25, -0.2) is 0 Å². The van der Waals surface area contributed by atoms with Crippen LogP contribution in [0.25, 0.3) is 0 Å². The maximum Gasteiger partial charge on any atom is 0.311 e. The summed E-state index contributed by atoms with van der Waals surface area (Å²) in [6, 6.07) is 17.6. The van der Waals surface area contributed by atoms with Crippen LogP contribution in [0, 0.1) is 5.92 Å². The van der Waals surface area contributed by atoms with Crippen molar-refractivity contribution in [1.82, 2.24) is 0 Å². The van der Waals surface area contributed by atoms with E-state index in [9.17, 15) is 4.79 Å². The number of rotatable bonds is 6. The minimum Gasteiger partial charge on any atom is -0.494 e. The average molecular weight is 339 g/mol. The van der Waals surface area contributed by atoms with E-state index in [1.54, 1.807) is 12.1 Å². The highest BCUT2D eigenvalue weighted by Crippen LogP contribution is 2.26. The normalized spacial score (nSPS) is 17.2. The van der Waals surface area contributed by atoms with Crippen molar-refractivity contribution in [2.45, 2.75) is 26.2 Å². The third-order valence-corrected chi connectivity index (χ3v) is 4.44. The van der Waals surface area contributed by atoms with Crippen LogP contribution in [0.15, 0.2) is 54.6 Å². The number of benzene rings is 2. The van der Waals surface area contributed by atoms with Crippen molar-refractivity contribution in [1.29, 1.82) is 0 Å². The lowest BCUT2D eigenvalue weighted by Gasteiger charge is -2.34. The molecule has 0 spiro atoms. The van der Waals surface area contributed by atoms with Gasteiger partial charge < -0.3 is 14.4 Å². The number of esters is 1. The molecule has 1 aliphatic rings. The number of para-hydroxylation sites is 1. The lowest BCUT2D eigenvalue weighted by molar-refractivity contribution is -0.135. The van der Waals surface area contributed by atoms with Gasteiger partial charge in [0, 0.05) is 24.8 Å². The Kier molecular flexibility index (Phi) is 5.94. The van der Waals surface area contributed by atoms with Crippen molar-refractivity contribution in [3.63, 3.8) is 0 Å². The van der Waals surface area contributed by atoms with Gasteiger partial charge in [0.1, 0.15) is 11.5 Å². The molecular weight excluding hydrogens is 314 g/mol. The summed E-state index contributed by atoms with van der Waals surface area (Å²) in [7, 11) is 0. The highest BCUT2D eigenvalue weighted by Gasteiger charge is 2.23. The second-order valence-electron chi connectivity index (χ2n) is 6.38. The van der Waals surface area contributed by atoms with E-state index in [0.29, 0.717) is 24.7 Å². The summed E-state index contributed by atoms with van der Waals surface area (Å²) in [6.45, 7) is 4.47. The molecule has 2 aromatic carbocycles. The molecule has 1 unspecified atom stereocenters. The summed E-state index contributed by atoms with van der Waals surface area (Å²) in [5.41, 5.74) is 1.23. The lowest BCUT2D eigenvalue weighted by Crippen LogP contribution is -2.36. The number of anilines is 1. The van der Waals surface area contributed by atoms with E-state index >= 15 is 0 Å². The molecule has 0 amide bonds. The second-order valence-corrected chi connectivity index (χ2v) is 6.38. The van der Waals surface area contributed by atoms with Crippen LogP contribution in [-0.4, -0.2) is 25.7 Å². The predicted molar refractivity (Wildman–Crippen MR) is 99.2 cm³/mol. The number of nitrogens with zero attached hydrogens (tertiary/aromatic N) is 1. The average Bonchev–Trinajstić information content (AvgIpc) is 2.63. The van der Waals surface area contributed by atoms with Crippen LogP contribution in [-0.2, 0) is 4.79 Å². The van der Waals surface area contributed by atoms with Gasteiger partial charge >= 0.3 is 5.97 Å². The van der Waals surface area contributed by atoms with E-state index in [0.717, 1.165) is 31.7 Å². The molecule has 0 aliphatic carbocycles. The van der Waals surface area contributed by atoms with E-state index in [1.165, 1.54) is 5.69 Å². The fourth-order valence-electron chi connectivity index (χ4n) is 3.31. The summed E-state index contributed by atoms with van der Waals surface area (Å²) >= 11 is 0. The Balaban J connectivity index is 1.55. The summed E-state index contributed by atoms with van der Waals surface area (Å²) in [5.74, 6) is 1.43. The fraction of sp³-hybridized carbons (Fsp3) is 0.381. The van der Waals surface area contributed by atoms with Crippen molar-refractivity contribution >= 4 is 11.7 Å². The van der Waals surface area contributed by atoms with Crippen LogP contribution >= 0.6 is 0 Å². The molecule has 0 N–H and O–H groups in total. The van der Waals surface area contributed by atoms with E-state index in [2.05, 4.69) is 29.2 Å². The summed E-state index contributed by atoms with van der Waals surface area (Å²) in [6.07, 6.45) is 2.62. The topological polar surface area (TPSA) is 38.8 Å². The highest BCUT2D eigenvalue weighted by atomic mass is 16.5. The molecule has 0 saturated carbocycles. The standard InChI is InChI=1S/C21H25NO3/c1-2-24-19-11-6-12-20(15-19)25-21(23)14-17-8-7-13-22(16-17)18-9-4-3-5-10-18/h3-6,9-12,15,17H,2,7-8,13-14,16H2,1H3. The van der Waals surface area contributed by atoms with Gasteiger partial charge in [0.2, 0.25) is 0 Å². The zero-order valence-electron chi connectivity index (χ0n) is 14.7. The largest absolute Gasteiger partial charge is 0.494 e. The van der Waals surface area contributed by atoms with Crippen molar-refractivity contribution in [2.24, 2.45) is 5.92 Å². The van der Waals surface area contributed by atoms with Gasteiger partial charge in [-0.15, -0.1) is 0 Å². The molecule has 25 heavy (non-hydrogen) atoms. The van der Waals surface area contributed by atoms with Gasteiger partial charge in [-0.3, -0.25) is 4.79 Å². The Morgan fingerprint density at radius 2 is 1.92 bits per heavy atom. The van der Waals surface area contributed by atoms with Crippen molar-refractivity contribution in [2.75, 3.05) is 24.6 Å². The maximum absolute atomic E-state index is 12.3. The lowest BCUT2D eigenvalue weighted by atomic mass is 9.94. The van der Waals surface area contributed by atoms with Crippen LogP contribution in [0.1, 0.15) is 26.2 Å². The number of hydrogen-bond donors (Lipinski definition) is 0. The number of hydrogen-bond acceptors (Lipinski definition) is 4. The Labute approximate surface area is 149 Å². The fourth-order valence-corrected chi connectivity index (χ4v) is 3.31. The molecule has 132 valence electrons. The molecule has 1 fully saturated rings. The third-order valence-electron chi connectivity index (χ3n) is 4.44. The van der Waals surface area contributed by atoms with Crippen LogP contribution in [0.3, 0.4) is 0 Å². The number of ether oxygens (including phenoxy) is 2. The molecule has 2 aromatic rings. The van der Waals surface area contributed by atoms with Gasteiger partial charge in [-0.05, 0) is 49.9 Å². The molecule has 1 saturated heterocycles. The van der Waals surface area contributed by atoms with E-state index in [-0.39, 0.29) is 5.97 Å². The van der Waals surface area contributed by atoms with Gasteiger partial charge in [-0.2, -0.15) is 0 Å². The minimum atomic E-state index is -0.173. The molecule has 1 atom stereocenters. The first-order valence-corrected chi connectivity index (χ1v) is 8.98. The van der Waals surface area contributed by atoms with Gasteiger partial charge in [0.15, 0.2) is 0 Å². The summed E-state index contributed by atoms with van der Waals surface area (Å²) < 4.78 is 11.0. The first kappa shape index (κ1) is 17.3. The maximum atomic E-state index is 12.3. The van der Waals surface area contributed by atoms with Crippen molar-refractivity contribution in [3.05, 3.63) is 54.6 Å². The third kappa shape index (κ3) is 4.99. The smallest absolute Gasteiger partial charge is 0.311 e. The molecule has 3 rings (SSSR count). The highest BCUT2D eigenvalue weighted by molar-refractivity contribution is 5.73. The zero-order valence-corrected chi connectivity index (χ0v) is 14.7. The van der Waals surface area contributed by atoms with Gasteiger partial charge in [-0.1, -0.05) is 24.3 Å². The first-order chi connectivity index (χ1) is 12.2. The minimum absolute atomic E-state index is 0.173. The number of piperidine rings is 1. The summed E-state index contributed by atoms with van der Waals surface area (Å²) in [5, 5.41) is 0. The van der Waals surface area contributed by atoms with Crippen LogP contribution < -0.4 is 14.4 Å². The van der Waals surface area contributed by atoms with E-state index < -0.39 is 0 Å². The SMILES string of the molecule is CCOc1cccc(OC(=O)CC2CCCN(c3ccccc3)C2)c1. The first-order valence-electron chi connectivity index (χ1n) is 8.98. The Hall–Kier alpha value is -2.49. The quantitative estimate of drug-likeness (QED) is 0.581. The second kappa shape index (κ2) is 8.56.